The van der Waals surface area contributed by atoms with Crippen LogP contribution in [0.15, 0.2) is 47.7 Å². The molecule has 0 unspecified atom stereocenters. The molecule has 0 aliphatic carbocycles. The first-order valence-corrected chi connectivity index (χ1v) is 11.7. The number of esters is 2. The normalized spacial score (nSPS) is 30.8. The summed E-state index contributed by atoms with van der Waals surface area (Å²) >= 11 is 0. The third-order valence-corrected chi connectivity index (χ3v) is 6.19. The maximum absolute atomic E-state index is 12.7. The van der Waals surface area contributed by atoms with Gasteiger partial charge in [-0.25, -0.2) is 4.79 Å². The Morgan fingerprint density at radius 2 is 1.78 bits per heavy atom. The number of rotatable bonds is 9. The summed E-state index contributed by atoms with van der Waals surface area (Å²) in [6.07, 6.45) is -6.02. The summed E-state index contributed by atoms with van der Waals surface area (Å²) in [5.41, 5.74) is 1.23. The lowest BCUT2D eigenvalue weighted by Crippen LogP contribution is -2.60. The highest BCUT2D eigenvalue weighted by molar-refractivity contribution is 5.90. The van der Waals surface area contributed by atoms with Crippen molar-refractivity contribution in [3.8, 4) is 5.75 Å². The third-order valence-electron chi connectivity index (χ3n) is 6.19. The monoisotopic (exact) mass is 524 g/mol. The van der Waals surface area contributed by atoms with Crippen molar-refractivity contribution in [2.75, 3.05) is 20.3 Å². The molecule has 2 aliphatic rings. The van der Waals surface area contributed by atoms with Crippen molar-refractivity contribution in [1.29, 1.82) is 0 Å². The molecule has 0 radical (unpaired) electrons. The lowest BCUT2D eigenvalue weighted by atomic mass is 9.86. The van der Waals surface area contributed by atoms with Crippen LogP contribution in [0.2, 0.25) is 0 Å². The fourth-order valence-electron chi connectivity index (χ4n) is 4.10. The number of phenolic OH excluding ortho intramolecular Hbond substituents is 1. The number of phenols is 1. The Morgan fingerprint density at radius 1 is 1.08 bits per heavy atom. The maximum atomic E-state index is 12.7. The van der Waals surface area contributed by atoms with Gasteiger partial charge >= 0.3 is 11.9 Å². The standard InChI is InChI=1S/C25H32O12/c1-3-15-16(10-19(28)34-9-8-13-4-6-14(27)7-5-13)17(23(32)33-2)12-35-24(15)37-25-22(31)21(30)20(29)18(11-26)36-25/h3-7,12,16,18,20-22,24-27,29-31H,8-11H2,1-2H3/b15-3-/t16-,18+,20+,21-,22+,24-,25-/m0/s1. The van der Waals surface area contributed by atoms with Crippen molar-refractivity contribution in [3.05, 3.63) is 53.3 Å². The van der Waals surface area contributed by atoms with Gasteiger partial charge in [-0.3, -0.25) is 4.79 Å². The molecule has 12 nitrogen and oxygen atoms in total. The first-order valence-electron chi connectivity index (χ1n) is 11.7. The van der Waals surface area contributed by atoms with Crippen LogP contribution in [0.25, 0.3) is 0 Å². The van der Waals surface area contributed by atoms with E-state index >= 15 is 0 Å². The van der Waals surface area contributed by atoms with Gasteiger partial charge in [-0.2, -0.15) is 0 Å². The zero-order valence-electron chi connectivity index (χ0n) is 20.4. The molecule has 5 N–H and O–H groups in total. The lowest BCUT2D eigenvalue weighted by molar-refractivity contribution is -0.327. The van der Waals surface area contributed by atoms with Crippen LogP contribution in [0.5, 0.6) is 5.75 Å². The van der Waals surface area contributed by atoms with Crippen LogP contribution in [-0.2, 0) is 39.7 Å². The van der Waals surface area contributed by atoms with Crippen LogP contribution in [0, 0.1) is 5.92 Å². The molecule has 7 atom stereocenters. The van der Waals surface area contributed by atoms with Crippen molar-refractivity contribution >= 4 is 11.9 Å². The zero-order valence-corrected chi connectivity index (χ0v) is 20.4. The van der Waals surface area contributed by atoms with E-state index in [0.717, 1.165) is 11.8 Å². The number of methoxy groups -OCH3 is 1. The Morgan fingerprint density at radius 3 is 2.41 bits per heavy atom. The Kier molecular flexibility index (Phi) is 10.0. The number of allylic oxidation sites excluding steroid dienone is 1. The summed E-state index contributed by atoms with van der Waals surface area (Å²) in [6, 6.07) is 6.47. The fraction of sp³-hybridized carbons (Fsp3) is 0.520. The van der Waals surface area contributed by atoms with Gasteiger partial charge in [-0.1, -0.05) is 18.2 Å². The number of ether oxygens (including phenoxy) is 5. The van der Waals surface area contributed by atoms with E-state index in [2.05, 4.69) is 0 Å². The Bertz CT molecular complexity index is 986. The van der Waals surface area contributed by atoms with Gasteiger partial charge in [-0.15, -0.1) is 0 Å². The van der Waals surface area contributed by atoms with Crippen LogP contribution >= 0.6 is 0 Å². The Hall–Kier alpha value is -3.00. The first-order chi connectivity index (χ1) is 17.7. The van der Waals surface area contributed by atoms with Crippen LogP contribution in [-0.4, -0.2) is 94.8 Å². The average Bonchev–Trinajstić information content (AvgIpc) is 2.89. The Labute approximate surface area is 213 Å². The van der Waals surface area contributed by atoms with Crippen LogP contribution in [0.4, 0.5) is 0 Å². The third kappa shape index (κ3) is 6.86. The van der Waals surface area contributed by atoms with Crippen molar-refractivity contribution in [2.45, 2.75) is 56.8 Å². The van der Waals surface area contributed by atoms with Crippen molar-refractivity contribution in [1.82, 2.24) is 0 Å². The molecule has 204 valence electrons. The molecule has 1 aromatic rings. The van der Waals surface area contributed by atoms with Gasteiger partial charge < -0.3 is 49.2 Å². The van der Waals surface area contributed by atoms with Crippen molar-refractivity contribution in [2.24, 2.45) is 5.92 Å². The molecule has 0 saturated carbocycles. The molecule has 3 rings (SSSR count). The van der Waals surface area contributed by atoms with E-state index in [4.69, 9.17) is 23.7 Å². The van der Waals surface area contributed by atoms with E-state index in [1.807, 2.05) is 0 Å². The largest absolute Gasteiger partial charge is 0.508 e. The highest BCUT2D eigenvalue weighted by Gasteiger charge is 2.46. The summed E-state index contributed by atoms with van der Waals surface area (Å²) in [6.45, 7) is 1.06. The topological polar surface area (TPSA) is 181 Å². The number of hydrogen-bond donors (Lipinski definition) is 5. The van der Waals surface area contributed by atoms with Gasteiger partial charge in [0.25, 0.3) is 0 Å². The van der Waals surface area contributed by atoms with Gasteiger partial charge in [0.1, 0.15) is 30.2 Å². The van der Waals surface area contributed by atoms with E-state index in [0.29, 0.717) is 12.0 Å². The minimum Gasteiger partial charge on any atom is -0.508 e. The van der Waals surface area contributed by atoms with E-state index in [1.54, 1.807) is 25.1 Å². The van der Waals surface area contributed by atoms with E-state index in [-0.39, 0.29) is 24.4 Å². The minimum atomic E-state index is -1.67. The summed E-state index contributed by atoms with van der Waals surface area (Å²) < 4.78 is 26.8. The van der Waals surface area contributed by atoms with E-state index < -0.39 is 61.5 Å². The maximum Gasteiger partial charge on any atom is 0.337 e. The van der Waals surface area contributed by atoms with Gasteiger partial charge in [-0.05, 0) is 24.6 Å². The number of aromatic hydroxyl groups is 1. The number of hydrogen-bond acceptors (Lipinski definition) is 12. The zero-order chi connectivity index (χ0) is 27.1. The molecule has 1 fully saturated rings. The molecule has 0 spiro atoms. The molecular formula is C25H32O12. The van der Waals surface area contributed by atoms with Gasteiger partial charge in [0.05, 0.1) is 38.6 Å². The van der Waals surface area contributed by atoms with E-state index in [9.17, 15) is 35.1 Å². The first kappa shape index (κ1) is 28.6. The SMILES string of the molecule is C/C=C1\[C@H](O[C@@H]2O[C@H](CO)[C@@H](O)[C@H](O)[C@H]2O)OC=C(C(=O)OC)[C@H]1CC(=O)OCCc1ccc(O)cc1. The molecule has 37 heavy (non-hydrogen) atoms. The molecular weight excluding hydrogens is 492 g/mol. The van der Waals surface area contributed by atoms with Crippen LogP contribution < -0.4 is 0 Å². The lowest BCUT2D eigenvalue weighted by Gasteiger charge is -2.41. The second kappa shape index (κ2) is 13.0. The second-order valence-electron chi connectivity index (χ2n) is 8.55. The van der Waals surface area contributed by atoms with E-state index in [1.165, 1.54) is 19.2 Å². The van der Waals surface area contributed by atoms with Gasteiger partial charge in [0.15, 0.2) is 6.29 Å². The van der Waals surface area contributed by atoms with Gasteiger partial charge in [0.2, 0.25) is 6.29 Å². The molecule has 0 bridgehead atoms. The summed E-state index contributed by atoms with van der Waals surface area (Å²) in [4.78, 5) is 25.1. The van der Waals surface area contributed by atoms with Crippen LogP contribution in [0.3, 0.4) is 0 Å². The predicted molar refractivity (Wildman–Crippen MR) is 124 cm³/mol. The van der Waals surface area contributed by atoms with Gasteiger partial charge in [0, 0.05) is 17.9 Å². The molecule has 1 saturated heterocycles. The predicted octanol–water partition coefficient (Wildman–Crippen LogP) is -0.340. The highest BCUT2D eigenvalue weighted by Crippen LogP contribution is 2.36. The number of aliphatic hydroxyl groups excluding tert-OH is 4. The quantitative estimate of drug-likeness (QED) is 0.210. The molecule has 1 aromatic carbocycles. The molecule has 0 amide bonds. The number of benzene rings is 1. The highest BCUT2D eigenvalue weighted by atomic mass is 16.8. The Balaban J connectivity index is 1.71. The van der Waals surface area contributed by atoms with Crippen LogP contribution in [0.1, 0.15) is 18.9 Å². The smallest absolute Gasteiger partial charge is 0.337 e. The van der Waals surface area contributed by atoms with Crippen molar-refractivity contribution < 1.29 is 58.8 Å². The number of carbonyl (C=O) groups excluding carboxylic acids is 2. The molecule has 2 aliphatic heterocycles. The molecule has 0 aromatic heterocycles. The summed E-state index contributed by atoms with van der Waals surface area (Å²) in [7, 11) is 1.18. The second-order valence-corrected chi connectivity index (χ2v) is 8.55. The number of carbonyl (C=O) groups is 2. The summed E-state index contributed by atoms with van der Waals surface area (Å²) in [5.74, 6) is -2.07. The minimum absolute atomic E-state index is 0.0414. The average molecular weight is 525 g/mol. The molecule has 12 heteroatoms. The fourth-order valence-corrected chi connectivity index (χ4v) is 4.10. The molecule has 2 heterocycles. The number of aliphatic hydroxyl groups is 4. The van der Waals surface area contributed by atoms with Crippen molar-refractivity contribution in [3.63, 3.8) is 0 Å². The summed E-state index contributed by atoms with van der Waals surface area (Å²) in [5, 5.41) is 49.1.